The van der Waals surface area contributed by atoms with Gasteiger partial charge in [-0.3, -0.25) is 4.79 Å². The Balaban J connectivity index is 1.33. The molecule has 4 aromatic rings. The fraction of sp³-hybridized carbons (Fsp3) is 0.286. The number of imidazole rings is 1. The van der Waals surface area contributed by atoms with Crippen molar-refractivity contribution in [2.75, 3.05) is 0 Å². The molecule has 29 heavy (non-hydrogen) atoms. The van der Waals surface area contributed by atoms with Crippen LogP contribution in [0.5, 0.6) is 0 Å². The number of rotatable bonds is 5. The van der Waals surface area contributed by atoms with Gasteiger partial charge in [-0.15, -0.1) is 0 Å². The molecule has 3 aromatic heterocycles. The zero-order chi connectivity index (χ0) is 19.6. The number of benzene rings is 1. The maximum atomic E-state index is 12.2. The lowest BCUT2D eigenvalue weighted by molar-refractivity contribution is -0.121. The predicted octanol–water partition coefficient (Wildman–Crippen LogP) is 3.05. The Morgan fingerprint density at radius 3 is 2.86 bits per heavy atom. The van der Waals surface area contributed by atoms with Gasteiger partial charge in [-0.25, -0.2) is 9.50 Å². The van der Waals surface area contributed by atoms with Crippen molar-refractivity contribution in [3.8, 4) is 22.6 Å². The zero-order valence-corrected chi connectivity index (χ0v) is 15.8. The third kappa shape index (κ3) is 3.73. The Bertz CT molecular complexity index is 1130. The van der Waals surface area contributed by atoms with Gasteiger partial charge < -0.3 is 9.84 Å². The summed E-state index contributed by atoms with van der Waals surface area (Å²) in [6.07, 6.45) is 8.14. The second-order valence-electron chi connectivity index (χ2n) is 7.27. The molecule has 0 atom stereocenters. The Labute approximate surface area is 167 Å². The molecule has 0 unspecified atom stereocenters. The van der Waals surface area contributed by atoms with Crippen LogP contribution in [0.2, 0.25) is 0 Å². The topological polar surface area (TPSA) is 98.2 Å². The Morgan fingerprint density at radius 2 is 2.00 bits per heavy atom. The molecule has 1 fully saturated rings. The van der Waals surface area contributed by atoms with Gasteiger partial charge in [-0.1, -0.05) is 36.2 Å². The lowest BCUT2D eigenvalue weighted by Gasteiger charge is -2.10. The van der Waals surface area contributed by atoms with E-state index in [0.29, 0.717) is 11.7 Å². The first-order chi connectivity index (χ1) is 14.2. The van der Waals surface area contributed by atoms with Gasteiger partial charge in [0.05, 0.1) is 11.9 Å². The van der Waals surface area contributed by atoms with Crippen molar-refractivity contribution in [3.63, 3.8) is 0 Å². The van der Waals surface area contributed by atoms with Gasteiger partial charge in [-0.05, 0) is 31.0 Å². The fourth-order valence-corrected chi connectivity index (χ4v) is 3.72. The van der Waals surface area contributed by atoms with Gasteiger partial charge in [0, 0.05) is 23.4 Å². The van der Waals surface area contributed by atoms with Crippen molar-refractivity contribution in [1.82, 2.24) is 30.1 Å². The van der Waals surface area contributed by atoms with Crippen LogP contribution in [-0.2, 0) is 11.2 Å². The minimum atomic E-state index is -0.0712. The van der Waals surface area contributed by atoms with Gasteiger partial charge in [0.1, 0.15) is 6.42 Å². The standard InChI is InChI=1S/C21H20N6O2/c28-19(23-16-7-1-2-8-16)12-20-25-21(26-29-20)15-6-3-5-14(11-15)17-13-27-18(24-17)9-4-10-22-27/h3-6,9-11,13,16H,1-2,7-8,12H2,(H,23,28). The van der Waals surface area contributed by atoms with Crippen molar-refractivity contribution in [2.45, 2.75) is 38.1 Å². The average Bonchev–Trinajstić information content (AvgIpc) is 3.48. The van der Waals surface area contributed by atoms with Crippen molar-refractivity contribution < 1.29 is 9.32 Å². The van der Waals surface area contributed by atoms with E-state index < -0.39 is 0 Å². The molecular formula is C21H20N6O2. The van der Waals surface area contributed by atoms with Crippen LogP contribution in [0.4, 0.5) is 0 Å². The molecule has 8 nitrogen and oxygen atoms in total. The molecule has 0 radical (unpaired) electrons. The van der Waals surface area contributed by atoms with E-state index >= 15 is 0 Å². The fourth-order valence-electron chi connectivity index (χ4n) is 3.72. The number of carbonyl (C=O) groups excluding carboxylic acids is 1. The molecule has 8 heteroatoms. The van der Waals surface area contributed by atoms with E-state index in [4.69, 9.17) is 4.52 Å². The molecule has 3 heterocycles. The van der Waals surface area contributed by atoms with Crippen LogP contribution in [0.1, 0.15) is 31.6 Å². The summed E-state index contributed by atoms with van der Waals surface area (Å²) in [5.74, 6) is 0.702. The summed E-state index contributed by atoms with van der Waals surface area (Å²) in [5.41, 5.74) is 3.32. The number of hydrogen-bond donors (Lipinski definition) is 1. The summed E-state index contributed by atoms with van der Waals surface area (Å²) in [4.78, 5) is 21.2. The lowest BCUT2D eigenvalue weighted by Crippen LogP contribution is -2.33. The first-order valence-electron chi connectivity index (χ1n) is 9.78. The number of carbonyl (C=O) groups is 1. The van der Waals surface area contributed by atoms with Crippen LogP contribution in [0.15, 0.2) is 53.3 Å². The van der Waals surface area contributed by atoms with Crippen LogP contribution in [0, 0.1) is 0 Å². The third-order valence-corrected chi connectivity index (χ3v) is 5.15. The summed E-state index contributed by atoms with van der Waals surface area (Å²) in [7, 11) is 0. The number of amides is 1. The first-order valence-corrected chi connectivity index (χ1v) is 9.78. The molecule has 1 amide bonds. The monoisotopic (exact) mass is 388 g/mol. The Kier molecular flexibility index (Phi) is 4.51. The number of aromatic nitrogens is 5. The summed E-state index contributed by atoms with van der Waals surface area (Å²) in [6, 6.07) is 11.8. The van der Waals surface area contributed by atoms with Gasteiger partial charge in [0.15, 0.2) is 5.65 Å². The summed E-state index contributed by atoms with van der Waals surface area (Å²) < 4.78 is 7.03. The maximum Gasteiger partial charge on any atom is 0.236 e. The highest BCUT2D eigenvalue weighted by molar-refractivity contribution is 5.78. The molecule has 146 valence electrons. The molecule has 1 aromatic carbocycles. The minimum absolute atomic E-state index is 0.0712. The van der Waals surface area contributed by atoms with Crippen LogP contribution in [-0.4, -0.2) is 36.7 Å². The highest BCUT2D eigenvalue weighted by Gasteiger charge is 2.19. The third-order valence-electron chi connectivity index (χ3n) is 5.15. The molecule has 0 spiro atoms. The zero-order valence-electron chi connectivity index (χ0n) is 15.8. The lowest BCUT2D eigenvalue weighted by atomic mass is 10.1. The van der Waals surface area contributed by atoms with E-state index in [1.165, 1.54) is 12.8 Å². The van der Waals surface area contributed by atoms with Crippen LogP contribution < -0.4 is 5.32 Å². The molecule has 1 N–H and O–H groups in total. The quantitative estimate of drug-likeness (QED) is 0.564. The number of hydrogen-bond acceptors (Lipinski definition) is 6. The van der Waals surface area contributed by atoms with Gasteiger partial charge in [0.25, 0.3) is 0 Å². The smallest absolute Gasteiger partial charge is 0.236 e. The Morgan fingerprint density at radius 1 is 1.14 bits per heavy atom. The van der Waals surface area contributed by atoms with Crippen molar-refractivity contribution in [1.29, 1.82) is 0 Å². The maximum absolute atomic E-state index is 12.2. The molecule has 0 aliphatic heterocycles. The van der Waals surface area contributed by atoms with E-state index in [2.05, 4.69) is 25.5 Å². The Hall–Kier alpha value is -3.55. The van der Waals surface area contributed by atoms with E-state index in [1.54, 1.807) is 10.7 Å². The minimum Gasteiger partial charge on any atom is -0.353 e. The number of nitrogens with zero attached hydrogens (tertiary/aromatic N) is 5. The highest BCUT2D eigenvalue weighted by atomic mass is 16.5. The SMILES string of the molecule is O=C(Cc1nc(-c2cccc(-c3cn4ncccc4n3)c2)no1)NC1CCCC1. The molecule has 0 saturated heterocycles. The van der Waals surface area contributed by atoms with E-state index in [0.717, 1.165) is 35.3 Å². The van der Waals surface area contributed by atoms with Crippen LogP contribution in [0.3, 0.4) is 0 Å². The summed E-state index contributed by atoms with van der Waals surface area (Å²) in [6.45, 7) is 0. The van der Waals surface area contributed by atoms with E-state index in [-0.39, 0.29) is 18.4 Å². The van der Waals surface area contributed by atoms with Crippen LogP contribution in [0.25, 0.3) is 28.3 Å². The average molecular weight is 388 g/mol. The first kappa shape index (κ1) is 17.5. The molecular weight excluding hydrogens is 368 g/mol. The summed E-state index contributed by atoms with van der Waals surface area (Å²) in [5, 5.41) is 11.3. The van der Waals surface area contributed by atoms with Gasteiger partial charge in [0.2, 0.25) is 17.6 Å². The molecule has 1 aliphatic carbocycles. The molecule has 1 saturated carbocycles. The normalized spacial score (nSPS) is 14.5. The van der Waals surface area contributed by atoms with Crippen molar-refractivity contribution in [3.05, 3.63) is 54.7 Å². The summed E-state index contributed by atoms with van der Waals surface area (Å²) >= 11 is 0. The molecule has 5 rings (SSSR count). The van der Waals surface area contributed by atoms with Crippen molar-refractivity contribution in [2.24, 2.45) is 0 Å². The largest absolute Gasteiger partial charge is 0.353 e. The molecule has 1 aliphatic rings. The number of nitrogens with one attached hydrogen (secondary N) is 1. The van der Waals surface area contributed by atoms with Crippen LogP contribution >= 0.6 is 0 Å². The van der Waals surface area contributed by atoms with E-state index in [9.17, 15) is 4.79 Å². The number of fused-ring (bicyclic) bond motifs is 1. The van der Waals surface area contributed by atoms with Gasteiger partial charge >= 0.3 is 0 Å². The second kappa shape index (κ2) is 7.46. The highest BCUT2D eigenvalue weighted by Crippen LogP contribution is 2.24. The van der Waals surface area contributed by atoms with Gasteiger partial charge in [-0.2, -0.15) is 10.1 Å². The molecule has 0 bridgehead atoms. The second-order valence-corrected chi connectivity index (χ2v) is 7.27. The predicted molar refractivity (Wildman–Crippen MR) is 106 cm³/mol. The van der Waals surface area contributed by atoms with Crippen molar-refractivity contribution >= 4 is 11.6 Å². The van der Waals surface area contributed by atoms with E-state index in [1.807, 2.05) is 42.6 Å².